The van der Waals surface area contributed by atoms with E-state index >= 15 is 0 Å². The molecular weight excluding hydrogens is 458 g/mol. The van der Waals surface area contributed by atoms with E-state index < -0.39 is 0 Å². The van der Waals surface area contributed by atoms with Gasteiger partial charge in [-0.25, -0.2) is 4.68 Å². The molecule has 0 radical (unpaired) electrons. The molecule has 36 heavy (non-hydrogen) atoms. The largest absolute Gasteiger partial charge is 0.497 e. The monoisotopic (exact) mass is 483 g/mol. The molecule has 2 amide bonds. The average molecular weight is 484 g/mol. The lowest BCUT2D eigenvalue weighted by molar-refractivity contribution is -0.117. The zero-order chi connectivity index (χ0) is 25.2. The third kappa shape index (κ3) is 4.15. The normalized spacial score (nSPS) is 15.1. The summed E-state index contributed by atoms with van der Waals surface area (Å²) in [6.45, 7) is 3.31. The highest BCUT2D eigenvalue weighted by atomic mass is 16.5. The van der Waals surface area contributed by atoms with Gasteiger partial charge in [-0.3, -0.25) is 19.9 Å². The highest BCUT2D eigenvalue weighted by Gasteiger charge is 2.33. The SMILES string of the molecule is COc1ccc(-n2nc(C#N)c3c2C(=O)N(c2ccc(N4CCCN=C4NC(C)=O)cc2)CC3)cc1. The van der Waals surface area contributed by atoms with Crippen molar-refractivity contribution >= 4 is 29.1 Å². The van der Waals surface area contributed by atoms with Gasteiger partial charge in [-0.1, -0.05) is 0 Å². The molecule has 1 N–H and O–H groups in total. The van der Waals surface area contributed by atoms with Crippen LogP contribution in [0.5, 0.6) is 5.75 Å². The number of carbonyl (C=O) groups is 2. The van der Waals surface area contributed by atoms with Crippen molar-refractivity contribution < 1.29 is 14.3 Å². The van der Waals surface area contributed by atoms with Crippen molar-refractivity contribution in [1.29, 1.82) is 5.26 Å². The molecule has 10 nitrogen and oxygen atoms in total. The van der Waals surface area contributed by atoms with Crippen molar-refractivity contribution in [3.05, 3.63) is 65.5 Å². The van der Waals surface area contributed by atoms with Crippen LogP contribution in [0.25, 0.3) is 5.69 Å². The molecule has 10 heteroatoms. The second kappa shape index (κ2) is 9.54. The number of guanidine groups is 1. The Bertz CT molecular complexity index is 1380. The highest BCUT2D eigenvalue weighted by Crippen LogP contribution is 2.30. The first kappa shape index (κ1) is 23.1. The van der Waals surface area contributed by atoms with Crippen LogP contribution in [0.3, 0.4) is 0 Å². The van der Waals surface area contributed by atoms with Gasteiger partial charge in [0.05, 0.1) is 12.8 Å². The van der Waals surface area contributed by atoms with E-state index in [1.165, 1.54) is 6.92 Å². The van der Waals surface area contributed by atoms with E-state index in [9.17, 15) is 14.9 Å². The predicted octanol–water partition coefficient (Wildman–Crippen LogP) is 2.66. The second-order valence-electron chi connectivity index (χ2n) is 8.51. The standard InChI is InChI=1S/C26H25N7O3/c1-17(34)29-26-28-13-3-14-32(26)19-6-4-18(5-7-19)31-15-12-22-23(16-27)30-33(24(22)25(31)35)20-8-10-21(36-2)11-9-20/h4-11H,3,12-15H2,1-2H3,(H,28,29,34). The minimum absolute atomic E-state index is 0.169. The van der Waals surface area contributed by atoms with Crippen molar-refractivity contribution in [2.24, 2.45) is 4.99 Å². The molecule has 0 saturated carbocycles. The number of benzene rings is 2. The Morgan fingerprint density at radius 1 is 1.03 bits per heavy atom. The first-order valence-electron chi connectivity index (χ1n) is 11.7. The van der Waals surface area contributed by atoms with Crippen molar-refractivity contribution in [2.45, 2.75) is 19.8 Å². The fourth-order valence-corrected chi connectivity index (χ4v) is 4.54. The number of hydrogen-bond donors (Lipinski definition) is 1. The maximum absolute atomic E-state index is 13.7. The average Bonchev–Trinajstić information content (AvgIpc) is 3.29. The topological polar surface area (TPSA) is 116 Å². The smallest absolute Gasteiger partial charge is 0.277 e. The van der Waals surface area contributed by atoms with E-state index in [2.05, 4.69) is 21.5 Å². The molecule has 5 rings (SSSR count). The van der Waals surface area contributed by atoms with Gasteiger partial charge < -0.3 is 14.5 Å². The minimum Gasteiger partial charge on any atom is -0.497 e. The molecule has 3 aromatic rings. The highest BCUT2D eigenvalue weighted by molar-refractivity contribution is 6.08. The fourth-order valence-electron chi connectivity index (χ4n) is 4.54. The predicted molar refractivity (Wildman–Crippen MR) is 135 cm³/mol. The number of carbonyl (C=O) groups excluding carboxylic acids is 2. The molecule has 3 heterocycles. The molecule has 0 bridgehead atoms. The van der Waals surface area contributed by atoms with Crippen molar-refractivity contribution in [1.82, 2.24) is 15.1 Å². The van der Waals surface area contributed by atoms with Crippen molar-refractivity contribution in [3.63, 3.8) is 0 Å². The first-order valence-corrected chi connectivity index (χ1v) is 11.7. The van der Waals surface area contributed by atoms with Crippen LogP contribution < -0.4 is 19.9 Å². The number of amides is 2. The Morgan fingerprint density at radius 3 is 2.33 bits per heavy atom. The number of aromatic nitrogens is 2. The summed E-state index contributed by atoms with van der Waals surface area (Å²) in [5.41, 5.74) is 3.61. The first-order chi connectivity index (χ1) is 17.5. The van der Waals surface area contributed by atoms with Gasteiger partial charge >= 0.3 is 0 Å². The molecule has 2 aliphatic rings. The van der Waals surface area contributed by atoms with Crippen molar-refractivity contribution in [3.8, 4) is 17.5 Å². The van der Waals surface area contributed by atoms with Gasteiger partial charge in [0.15, 0.2) is 5.69 Å². The van der Waals surface area contributed by atoms with E-state index in [1.54, 1.807) is 41.0 Å². The van der Waals surface area contributed by atoms with Crippen LogP contribution in [-0.2, 0) is 11.2 Å². The fraction of sp³-hybridized carbons (Fsp3) is 0.269. The number of anilines is 2. The molecule has 0 aliphatic carbocycles. The molecule has 182 valence electrons. The molecule has 0 saturated heterocycles. The lowest BCUT2D eigenvalue weighted by Crippen LogP contribution is -2.46. The van der Waals surface area contributed by atoms with Gasteiger partial charge in [0, 0.05) is 43.5 Å². The molecule has 0 atom stereocenters. The number of ether oxygens (including phenoxy) is 1. The minimum atomic E-state index is -0.215. The molecule has 0 fully saturated rings. The van der Waals surface area contributed by atoms with E-state index in [0.29, 0.717) is 48.2 Å². The Labute approximate surface area is 208 Å². The third-order valence-corrected chi connectivity index (χ3v) is 6.26. The number of rotatable bonds is 4. The summed E-state index contributed by atoms with van der Waals surface area (Å²) < 4.78 is 6.77. The summed E-state index contributed by atoms with van der Waals surface area (Å²) in [6, 6.07) is 16.9. The van der Waals surface area contributed by atoms with Gasteiger partial charge in [-0.15, -0.1) is 0 Å². The number of aliphatic imine (C=N–C) groups is 1. The van der Waals surface area contributed by atoms with Crippen LogP contribution >= 0.6 is 0 Å². The molecule has 1 aromatic heterocycles. The summed E-state index contributed by atoms with van der Waals surface area (Å²) in [6.07, 6.45) is 1.40. The number of methoxy groups -OCH3 is 1. The van der Waals surface area contributed by atoms with Crippen LogP contribution in [0.4, 0.5) is 11.4 Å². The van der Waals surface area contributed by atoms with Gasteiger partial charge in [0.2, 0.25) is 11.9 Å². The molecular formula is C26H25N7O3. The summed E-state index contributed by atoms with van der Waals surface area (Å²) in [5, 5.41) is 16.9. The van der Waals surface area contributed by atoms with E-state index in [1.807, 2.05) is 29.2 Å². The van der Waals surface area contributed by atoms with Crippen LogP contribution in [0.2, 0.25) is 0 Å². The van der Waals surface area contributed by atoms with E-state index in [4.69, 9.17) is 4.74 Å². The van der Waals surface area contributed by atoms with Gasteiger partial charge in [0.1, 0.15) is 17.5 Å². The van der Waals surface area contributed by atoms with Crippen LogP contribution in [-0.4, -0.2) is 54.3 Å². The maximum atomic E-state index is 13.7. The summed E-state index contributed by atoms with van der Waals surface area (Å²) in [4.78, 5) is 33.4. The van der Waals surface area contributed by atoms with Crippen LogP contribution in [0.1, 0.15) is 35.1 Å². The summed E-state index contributed by atoms with van der Waals surface area (Å²) in [7, 11) is 1.59. The molecule has 2 aromatic carbocycles. The zero-order valence-corrected chi connectivity index (χ0v) is 20.1. The van der Waals surface area contributed by atoms with Crippen LogP contribution in [0, 0.1) is 11.3 Å². The van der Waals surface area contributed by atoms with Crippen molar-refractivity contribution in [2.75, 3.05) is 36.5 Å². The van der Waals surface area contributed by atoms with E-state index in [-0.39, 0.29) is 17.5 Å². The molecule has 0 unspecified atom stereocenters. The van der Waals surface area contributed by atoms with Gasteiger partial charge in [0.25, 0.3) is 5.91 Å². The Morgan fingerprint density at radius 2 is 1.69 bits per heavy atom. The number of nitrogens with zero attached hydrogens (tertiary/aromatic N) is 6. The number of nitrogens with one attached hydrogen (secondary N) is 1. The van der Waals surface area contributed by atoms with Gasteiger partial charge in [-0.2, -0.15) is 10.4 Å². The van der Waals surface area contributed by atoms with Crippen LogP contribution in [0.15, 0.2) is 53.5 Å². The lowest BCUT2D eigenvalue weighted by atomic mass is 10.0. The number of fused-ring (bicyclic) bond motifs is 1. The summed E-state index contributed by atoms with van der Waals surface area (Å²) in [5.74, 6) is 0.839. The lowest BCUT2D eigenvalue weighted by Gasteiger charge is -2.30. The molecule has 0 spiro atoms. The Kier molecular flexibility index (Phi) is 6.12. The van der Waals surface area contributed by atoms with E-state index in [0.717, 1.165) is 24.3 Å². The maximum Gasteiger partial charge on any atom is 0.277 e. The zero-order valence-electron chi connectivity index (χ0n) is 20.1. The Balaban J connectivity index is 1.45. The van der Waals surface area contributed by atoms with Gasteiger partial charge in [-0.05, 0) is 61.4 Å². The number of hydrogen-bond acceptors (Lipinski definition) is 7. The third-order valence-electron chi connectivity index (χ3n) is 6.26. The Hall–Kier alpha value is -4.65. The number of nitriles is 1. The second-order valence-corrected chi connectivity index (χ2v) is 8.51. The molecule has 2 aliphatic heterocycles. The quantitative estimate of drug-likeness (QED) is 0.610. The summed E-state index contributed by atoms with van der Waals surface area (Å²) >= 11 is 0.